The number of benzene rings is 2. The fraction of sp³-hybridized carbons (Fsp3) is 0.190. The van der Waals surface area contributed by atoms with Crippen molar-refractivity contribution in [2.45, 2.75) is 25.5 Å². The Morgan fingerprint density at radius 1 is 1.21 bits per heavy atom. The zero-order chi connectivity index (χ0) is 20.4. The van der Waals surface area contributed by atoms with Crippen molar-refractivity contribution in [3.8, 4) is 11.6 Å². The maximum atomic E-state index is 13.4. The van der Waals surface area contributed by atoms with Crippen LogP contribution in [0.15, 0.2) is 58.1 Å². The second-order valence-corrected chi connectivity index (χ2v) is 7.44. The summed E-state index contributed by atoms with van der Waals surface area (Å²) in [6, 6.07) is 14.0. The van der Waals surface area contributed by atoms with Gasteiger partial charge in [-0.3, -0.25) is 9.36 Å². The third kappa shape index (κ3) is 4.02. The van der Waals surface area contributed by atoms with Crippen LogP contribution in [0, 0.1) is 12.7 Å². The van der Waals surface area contributed by atoms with Crippen molar-refractivity contribution in [3.63, 3.8) is 0 Å². The fourth-order valence-electron chi connectivity index (χ4n) is 3.00. The van der Waals surface area contributed by atoms with E-state index in [0.717, 1.165) is 16.5 Å². The highest BCUT2D eigenvalue weighted by Crippen LogP contribution is 2.29. The normalized spacial score (nSPS) is 11.1. The number of thioether (sulfide) groups is 1. The van der Waals surface area contributed by atoms with Gasteiger partial charge in [-0.25, -0.2) is 4.39 Å². The average molecular weight is 410 g/mol. The Morgan fingerprint density at radius 3 is 2.83 bits per heavy atom. The molecule has 6 nitrogen and oxygen atoms in total. The van der Waals surface area contributed by atoms with Crippen LogP contribution in [0.5, 0.6) is 0 Å². The van der Waals surface area contributed by atoms with E-state index in [1.807, 2.05) is 48.7 Å². The van der Waals surface area contributed by atoms with Crippen LogP contribution in [0.2, 0.25) is 0 Å². The van der Waals surface area contributed by atoms with Gasteiger partial charge in [-0.1, -0.05) is 36.0 Å². The first-order valence-corrected chi connectivity index (χ1v) is 10.1. The SMILES string of the molecule is CCn1c(SCC(=O)Nc2cc(F)ccc2C)nnc1-c1cc2ccccc2o1. The Kier molecular flexibility index (Phi) is 5.35. The number of anilines is 1. The average Bonchev–Trinajstić information content (AvgIpc) is 3.32. The Hall–Kier alpha value is -3.13. The number of carbonyl (C=O) groups excluding carboxylic acids is 1. The van der Waals surface area contributed by atoms with Gasteiger partial charge in [-0.15, -0.1) is 10.2 Å². The maximum absolute atomic E-state index is 13.4. The molecule has 2 aromatic heterocycles. The molecular formula is C21H19FN4O2S. The van der Waals surface area contributed by atoms with E-state index in [4.69, 9.17) is 4.42 Å². The third-order valence-corrected chi connectivity index (χ3v) is 5.45. The number of furan rings is 1. The Balaban J connectivity index is 1.49. The minimum atomic E-state index is -0.389. The second kappa shape index (κ2) is 8.08. The van der Waals surface area contributed by atoms with Gasteiger partial charge in [0.2, 0.25) is 11.7 Å². The number of nitrogens with zero attached hydrogens (tertiary/aromatic N) is 3. The Labute approximate surface area is 171 Å². The van der Waals surface area contributed by atoms with Crippen LogP contribution in [-0.2, 0) is 11.3 Å². The minimum absolute atomic E-state index is 0.133. The highest BCUT2D eigenvalue weighted by atomic mass is 32.2. The summed E-state index contributed by atoms with van der Waals surface area (Å²) in [6.07, 6.45) is 0. The molecule has 1 N–H and O–H groups in total. The van der Waals surface area contributed by atoms with Crippen molar-refractivity contribution >= 4 is 34.3 Å². The molecule has 0 atom stereocenters. The van der Waals surface area contributed by atoms with Gasteiger partial charge in [0.05, 0.1) is 5.75 Å². The number of carbonyl (C=O) groups is 1. The van der Waals surface area contributed by atoms with E-state index in [0.29, 0.717) is 29.0 Å². The molecule has 8 heteroatoms. The third-order valence-electron chi connectivity index (χ3n) is 4.49. The molecule has 2 aromatic carbocycles. The smallest absolute Gasteiger partial charge is 0.234 e. The van der Waals surface area contributed by atoms with Crippen molar-refractivity contribution < 1.29 is 13.6 Å². The molecule has 0 fully saturated rings. The van der Waals surface area contributed by atoms with Crippen LogP contribution in [0.4, 0.5) is 10.1 Å². The number of aryl methyl sites for hydroxylation is 1. The molecule has 0 aliphatic carbocycles. The molecule has 4 rings (SSSR count). The summed E-state index contributed by atoms with van der Waals surface area (Å²) in [7, 11) is 0. The van der Waals surface area contributed by atoms with E-state index in [1.165, 1.54) is 23.9 Å². The molecule has 0 saturated carbocycles. The number of para-hydroxylation sites is 1. The van der Waals surface area contributed by atoms with Crippen LogP contribution < -0.4 is 5.32 Å². The summed E-state index contributed by atoms with van der Waals surface area (Å²) in [4.78, 5) is 12.3. The lowest BCUT2D eigenvalue weighted by Crippen LogP contribution is -2.15. The van der Waals surface area contributed by atoms with E-state index in [2.05, 4.69) is 15.5 Å². The highest BCUT2D eigenvalue weighted by Gasteiger charge is 2.18. The second-order valence-electron chi connectivity index (χ2n) is 6.50. The van der Waals surface area contributed by atoms with Crippen molar-refractivity contribution in [1.82, 2.24) is 14.8 Å². The number of aromatic nitrogens is 3. The summed E-state index contributed by atoms with van der Waals surface area (Å²) in [5.74, 6) is 0.757. The molecule has 0 aliphatic heterocycles. The Bertz CT molecular complexity index is 1150. The quantitative estimate of drug-likeness (QED) is 0.458. The summed E-state index contributed by atoms with van der Waals surface area (Å²) in [5.41, 5.74) is 2.05. The topological polar surface area (TPSA) is 73.0 Å². The van der Waals surface area contributed by atoms with Crippen LogP contribution in [-0.4, -0.2) is 26.4 Å². The lowest BCUT2D eigenvalue weighted by Gasteiger charge is -2.09. The number of nitrogens with one attached hydrogen (secondary N) is 1. The summed E-state index contributed by atoms with van der Waals surface area (Å²) in [6.45, 7) is 4.43. The number of halogens is 1. The molecular weight excluding hydrogens is 391 g/mol. The number of hydrogen-bond acceptors (Lipinski definition) is 5. The molecule has 0 spiro atoms. The van der Waals surface area contributed by atoms with Gasteiger partial charge >= 0.3 is 0 Å². The van der Waals surface area contributed by atoms with E-state index >= 15 is 0 Å². The number of fused-ring (bicyclic) bond motifs is 1. The lowest BCUT2D eigenvalue weighted by molar-refractivity contribution is -0.113. The van der Waals surface area contributed by atoms with E-state index in [1.54, 1.807) is 6.07 Å². The van der Waals surface area contributed by atoms with E-state index < -0.39 is 0 Å². The fourth-order valence-corrected chi connectivity index (χ4v) is 3.80. The number of hydrogen-bond donors (Lipinski definition) is 1. The van der Waals surface area contributed by atoms with Gasteiger partial charge in [0.25, 0.3) is 0 Å². The van der Waals surface area contributed by atoms with Gasteiger partial charge in [0.15, 0.2) is 10.9 Å². The van der Waals surface area contributed by atoms with Gasteiger partial charge in [-0.05, 0) is 43.7 Å². The summed E-state index contributed by atoms with van der Waals surface area (Å²) >= 11 is 1.27. The Morgan fingerprint density at radius 2 is 2.03 bits per heavy atom. The predicted octanol–water partition coefficient (Wildman–Crippen LogP) is 4.89. The van der Waals surface area contributed by atoms with Crippen LogP contribution in [0.3, 0.4) is 0 Å². The van der Waals surface area contributed by atoms with Crippen molar-refractivity contribution in [2.24, 2.45) is 0 Å². The maximum Gasteiger partial charge on any atom is 0.234 e. The predicted molar refractivity (Wildman–Crippen MR) is 111 cm³/mol. The van der Waals surface area contributed by atoms with Crippen molar-refractivity contribution in [3.05, 3.63) is 59.9 Å². The summed E-state index contributed by atoms with van der Waals surface area (Å²) in [5, 5.41) is 12.8. The molecule has 0 saturated heterocycles. The lowest BCUT2D eigenvalue weighted by atomic mass is 10.2. The van der Waals surface area contributed by atoms with Crippen molar-refractivity contribution in [1.29, 1.82) is 0 Å². The molecule has 0 radical (unpaired) electrons. The van der Waals surface area contributed by atoms with Crippen LogP contribution in [0.25, 0.3) is 22.6 Å². The number of amides is 1. The first-order valence-electron chi connectivity index (χ1n) is 9.16. The van der Waals surface area contributed by atoms with Crippen LogP contribution in [0.1, 0.15) is 12.5 Å². The van der Waals surface area contributed by atoms with E-state index in [9.17, 15) is 9.18 Å². The summed E-state index contributed by atoms with van der Waals surface area (Å²) < 4.78 is 21.2. The van der Waals surface area contributed by atoms with Gasteiger partial charge in [0.1, 0.15) is 11.4 Å². The van der Waals surface area contributed by atoms with Crippen molar-refractivity contribution in [2.75, 3.05) is 11.1 Å². The van der Waals surface area contributed by atoms with E-state index in [-0.39, 0.29) is 17.5 Å². The largest absolute Gasteiger partial charge is 0.453 e. The molecule has 2 heterocycles. The zero-order valence-corrected chi connectivity index (χ0v) is 16.8. The molecule has 4 aromatic rings. The van der Waals surface area contributed by atoms with Gasteiger partial charge in [0, 0.05) is 17.6 Å². The first kappa shape index (κ1) is 19.2. The van der Waals surface area contributed by atoms with Crippen LogP contribution >= 0.6 is 11.8 Å². The monoisotopic (exact) mass is 410 g/mol. The van der Waals surface area contributed by atoms with Gasteiger partial charge in [-0.2, -0.15) is 0 Å². The zero-order valence-electron chi connectivity index (χ0n) is 16.0. The first-order chi connectivity index (χ1) is 14.0. The number of rotatable bonds is 6. The standard InChI is InChI=1S/C21H19FN4O2S/c1-3-26-20(18-10-14-6-4-5-7-17(14)28-18)24-25-21(26)29-12-19(27)23-16-11-15(22)9-8-13(16)2/h4-11H,3,12H2,1-2H3,(H,23,27). The minimum Gasteiger partial charge on any atom is -0.453 e. The van der Waals surface area contributed by atoms with Gasteiger partial charge < -0.3 is 9.73 Å². The molecule has 1 amide bonds. The molecule has 0 bridgehead atoms. The molecule has 29 heavy (non-hydrogen) atoms. The molecule has 0 unspecified atom stereocenters. The molecule has 148 valence electrons. The molecule has 0 aliphatic rings. The highest BCUT2D eigenvalue weighted by molar-refractivity contribution is 7.99.